The molecular formula is C17H13ClN6O4. The maximum absolute atomic E-state index is 12.8. The van der Waals surface area contributed by atoms with Gasteiger partial charge < -0.3 is 14.6 Å². The van der Waals surface area contributed by atoms with Crippen molar-refractivity contribution in [1.82, 2.24) is 19.9 Å². The van der Waals surface area contributed by atoms with E-state index in [0.29, 0.717) is 5.02 Å². The van der Waals surface area contributed by atoms with Gasteiger partial charge in [0, 0.05) is 18.6 Å². The van der Waals surface area contributed by atoms with Crippen molar-refractivity contribution in [1.29, 1.82) is 0 Å². The molecular weight excluding hydrogens is 388 g/mol. The highest BCUT2D eigenvalue weighted by molar-refractivity contribution is 6.30. The molecule has 0 unspecified atom stereocenters. The number of rotatable bonds is 2. The van der Waals surface area contributed by atoms with Crippen molar-refractivity contribution < 1.29 is 19.0 Å². The van der Waals surface area contributed by atoms with E-state index in [4.69, 9.17) is 16.3 Å². The van der Waals surface area contributed by atoms with Gasteiger partial charge in [-0.2, -0.15) is 0 Å². The van der Waals surface area contributed by atoms with Gasteiger partial charge in [0.25, 0.3) is 5.91 Å². The van der Waals surface area contributed by atoms with E-state index in [0.717, 1.165) is 4.90 Å². The molecule has 11 heteroatoms. The van der Waals surface area contributed by atoms with Crippen molar-refractivity contribution in [2.24, 2.45) is 0 Å². The van der Waals surface area contributed by atoms with Crippen molar-refractivity contribution in [3.63, 3.8) is 0 Å². The second kappa shape index (κ2) is 6.68. The fraction of sp³-hybridized carbons (Fsp3) is 0.118. The first-order valence-electron chi connectivity index (χ1n) is 8.06. The van der Waals surface area contributed by atoms with E-state index in [2.05, 4.69) is 15.0 Å². The van der Waals surface area contributed by atoms with Crippen molar-refractivity contribution >= 4 is 29.4 Å². The Balaban J connectivity index is 1.66. The van der Waals surface area contributed by atoms with Gasteiger partial charge in [0.05, 0.1) is 24.5 Å². The number of hydroxylamine groups is 3. The minimum absolute atomic E-state index is 0.0607. The number of aromatic nitrogens is 3. The molecule has 0 aromatic carbocycles. The topological polar surface area (TPSA) is 112 Å². The van der Waals surface area contributed by atoms with Gasteiger partial charge >= 0.3 is 6.09 Å². The van der Waals surface area contributed by atoms with Crippen LogP contribution in [0.5, 0.6) is 0 Å². The first-order valence-corrected chi connectivity index (χ1v) is 8.44. The normalized spacial score (nSPS) is 19.7. The quantitative estimate of drug-likeness (QED) is 0.562. The van der Waals surface area contributed by atoms with Crippen LogP contribution >= 0.6 is 11.6 Å². The second-order valence-electron chi connectivity index (χ2n) is 6.10. The molecule has 4 rings (SSSR count). The molecule has 2 aliphatic rings. The molecule has 0 saturated heterocycles. The molecule has 10 nitrogen and oxygen atoms in total. The summed E-state index contributed by atoms with van der Waals surface area (Å²) in [4.78, 5) is 39.9. The van der Waals surface area contributed by atoms with E-state index in [-0.39, 0.29) is 17.2 Å². The van der Waals surface area contributed by atoms with E-state index in [9.17, 15) is 14.8 Å². The molecule has 0 radical (unpaired) electrons. The predicted octanol–water partition coefficient (Wildman–Crippen LogP) is 2.52. The number of hydrogen-bond acceptors (Lipinski definition) is 7. The van der Waals surface area contributed by atoms with Crippen LogP contribution in [-0.2, 0) is 4.74 Å². The number of ether oxygens (including phenoxy) is 1. The number of quaternary nitrogens is 1. The van der Waals surface area contributed by atoms with E-state index in [1.807, 2.05) is 0 Å². The molecule has 0 N–H and O–H groups in total. The number of halogens is 1. The monoisotopic (exact) mass is 400 g/mol. The van der Waals surface area contributed by atoms with Crippen molar-refractivity contribution in [3.05, 3.63) is 77.1 Å². The zero-order chi connectivity index (χ0) is 19.9. The Hall–Kier alpha value is -3.34. The summed E-state index contributed by atoms with van der Waals surface area (Å²) in [5.41, 5.74) is 0.248. The summed E-state index contributed by atoms with van der Waals surface area (Å²) in [7, 11) is 1.39. The molecule has 2 aliphatic heterocycles. The Morgan fingerprint density at radius 2 is 1.93 bits per heavy atom. The average Bonchev–Trinajstić information content (AvgIpc) is 2.95. The Labute approximate surface area is 164 Å². The lowest BCUT2D eigenvalue weighted by molar-refractivity contribution is -0.752. The number of carbonyl (C=O) groups is 2. The molecule has 0 aliphatic carbocycles. The minimum Gasteiger partial charge on any atom is -0.623 e. The van der Waals surface area contributed by atoms with Gasteiger partial charge in [0.1, 0.15) is 23.9 Å². The number of amides is 2. The lowest BCUT2D eigenvalue weighted by Gasteiger charge is -2.33. The molecule has 2 aromatic rings. The van der Waals surface area contributed by atoms with Gasteiger partial charge in [0.15, 0.2) is 5.69 Å². The molecule has 142 valence electrons. The number of hydrogen-bond donors (Lipinski definition) is 0. The van der Waals surface area contributed by atoms with E-state index < -0.39 is 22.9 Å². The standard InChI is InChI=1S/C17H13ClN6O4/c1-24(27)8-6-22(7-9-24)17(26)28-16-14-13(19-4-5-20-14)15(25)23(16)12-3-2-11(18)10-21-12/h2-10,16H,1H3/t16-/m0/s1. The van der Waals surface area contributed by atoms with Crippen LogP contribution in [0.1, 0.15) is 22.4 Å². The molecule has 2 aromatic heterocycles. The minimum atomic E-state index is -1.17. The van der Waals surface area contributed by atoms with E-state index in [1.165, 1.54) is 61.4 Å². The van der Waals surface area contributed by atoms with Crippen LogP contribution in [-0.4, -0.2) is 43.5 Å². The third kappa shape index (κ3) is 3.20. The lowest BCUT2D eigenvalue weighted by atomic mass is 10.3. The smallest absolute Gasteiger partial charge is 0.420 e. The Bertz CT molecular complexity index is 991. The van der Waals surface area contributed by atoms with Gasteiger partial charge in [-0.15, -0.1) is 0 Å². The number of carbonyl (C=O) groups excluding carboxylic acids is 2. The highest BCUT2D eigenvalue weighted by Crippen LogP contribution is 2.36. The first kappa shape index (κ1) is 18.0. The maximum Gasteiger partial charge on any atom is 0.420 e. The van der Waals surface area contributed by atoms with Crippen LogP contribution in [0.25, 0.3) is 0 Å². The van der Waals surface area contributed by atoms with Gasteiger partial charge in [-0.25, -0.2) is 24.6 Å². The maximum atomic E-state index is 12.8. The molecule has 4 heterocycles. The molecule has 0 bridgehead atoms. The number of nitrogens with zero attached hydrogens (tertiary/aromatic N) is 6. The summed E-state index contributed by atoms with van der Waals surface area (Å²) in [6, 6.07) is 3.08. The van der Waals surface area contributed by atoms with Crippen LogP contribution < -0.4 is 4.90 Å². The third-order valence-electron chi connectivity index (χ3n) is 4.04. The average molecular weight is 401 g/mol. The predicted molar refractivity (Wildman–Crippen MR) is 97.0 cm³/mol. The SMILES string of the molecule is C[N+]1([O-])C=CN(C(=O)O[C@H]2c3nccnc3C(=O)N2c2ccc(Cl)cn2)C=C1. The van der Waals surface area contributed by atoms with Gasteiger partial charge in [-0.1, -0.05) is 11.6 Å². The third-order valence-corrected chi connectivity index (χ3v) is 4.27. The molecule has 2 amide bonds. The summed E-state index contributed by atoms with van der Waals surface area (Å²) in [6.07, 6.45) is 7.25. The summed E-state index contributed by atoms with van der Waals surface area (Å²) >= 11 is 5.86. The highest BCUT2D eigenvalue weighted by atomic mass is 35.5. The lowest BCUT2D eigenvalue weighted by Crippen LogP contribution is -2.36. The molecule has 0 spiro atoms. The fourth-order valence-electron chi connectivity index (χ4n) is 2.67. The fourth-order valence-corrected chi connectivity index (χ4v) is 2.78. The van der Waals surface area contributed by atoms with Gasteiger partial charge in [-0.3, -0.25) is 9.78 Å². The summed E-state index contributed by atoms with van der Waals surface area (Å²) in [5, 5.41) is 12.2. The van der Waals surface area contributed by atoms with E-state index in [1.54, 1.807) is 6.07 Å². The number of pyridine rings is 1. The van der Waals surface area contributed by atoms with Crippen molar-refractivity contribution in [2.45, 2.75) is 6.23 Å². The van der Waals surface area contributed by atoms with Gasteiger partial charge in [0.2, 0.25) is 6.23 Å². The highest BCUT2D eigenvalue weighted by Gasteiger charge is 2.44. The Kier molecular flexibility index (Phi) is 4.30. The number of fused-ring (bicyclic) bond motifs is 1. The van der Waals surface area contributed by atoms with Crippen LogP contribution in [0.3, 0.4) is 0 Å². The Morgan fingerprint density at radius 1 is 1.21 bits per heavy atom. The largest absolute Gasteiger partial charge is 0.623 e. The summed E-state index contributed by atoms with van der Waals surface area (Å²) in [5.74, 6) is -0.287. The van der Waals surface area contributed by atoms with Crippen LogP contribution in [0.2, 0.25) is 5.02 Å². The molecule has 0 fully saturated rings. The van der Waals surface area contributed by atoms with Crippen molar-refractivity contribution in [3.8, 4) is 0 Å². The number of anilines is 1. The second-order valence-corrected chi connectivity index (χ2v) is 6.53. The molecule has 0 saturated carbocycles. The summed E-state index contributed by atoms with van der Waals surface area (Å²) < 4.78 is 4.76. The van der Waals surface area contributed by atoms with Gasteiger partial charge in [-0.05, 0) is 12.1 Å². The zero-order valence-corrected chi connectivity index (χ0v) is 15.2. The van der Waals surface area contributed by atoms with Crippen LogP contribution in [0.4, 0.5) is 10.6 Å². The van der Waals surface area contributed by atoms with E-state index >= 15 is 0 Å². The molecule has 1 atom stereocenters. The zero-order valence-electron chi connectivity index (χ0n) is 14.5. The van der Waals surface area contributed by atoms with Crippen molar-refractivity contribution in [2.75, 3.05) is 11.9 Å². The Morgan fingerprint density at radius 3 is 2.61 bits per heavy atom. The first-order chi connectivity index (χ1) is 13.4. The molecule has 28 heavy (non-hydrogen) atoms. The summed E-state index contributed by atoms with van der Waals surface area (Å²) in [6.45, 7) is 0. The van der Waals surface area contributed by atoms with Crippen LogP contribution in [0.15, 0.2) is 55.5 Å². The van der Waals surface area contributed by atoms with Crippen LogP contribution in [0, 0.1) is 5.21 Å².